The molecule has 132 valence electrons. The van der Waals surface area contributed by atoms with Crippen LogP contribution >= 0.6 is 0 Å². The lowest BCUT2D eigenvalue weighted by molar-refractivity contribution is 0.0816. The predicted molar refractivity (Wildman–Crippen MR) is 91.9 cm³/mol. The van der Waals surface area contributed by atoms with Gasteiger partial charge in [-0.2, -0.15) is 0 Å². The van der Waals surface area contributed by atoms with Gasteiger partial charge in [0.2, 0.25) is 0 Å². The van der Waals surface area contributed by atoms with Gasteiger partial charge in [0.25, 0.3) is 5.91 Å². The molecule has 0 radical (unpaired) electrons. The molecular weight excluding hydrogens is 304 g/mol. The summed E-state index contributed by atoms with van der Waals surface area (Å²) < 4.78 is 0. The van der Waals surface area contributed by atoms with Gasteiger partial charge in [-0.25, -0.2) is 9.97 Å². The van der Waals surface area contributed by atoms with Gasteiger partial charge < -0.3 is 15.3 Å². The Labute approximate surface area is 143 Å². The van der Waals surface area contributed by atoms with E-state index in [0.29, 0.717) is 18.2 Å². The van der Waals surface area contributed by atoms with Crippen molar-refractivity contribution in [2.24, 2.45) is 0 Å². The zero-order chi connectivity index (χ0) is 16.8. The number of amides is 1. The summed E-state index contributed by atoms with van der Waals surface area (Å²) in [4.78, 5) is 23.4. The molecule has 0 bridgehead atoms. The first-order chi connectivity index (χ1) is 11.7. The maximum absolute atomic E-state index is 12.3. The zero-order valence-electron chi connectivity index (χ0n) is 14.3. The summed E-state index contributed by atoms with van der Waals surface area (Å²) in [5.74, 6) is 1.14. The van der Waals surface area contributed by atoms with Gasteiger partial charge in [0.1, 0.15) is 11.5 Å². The fourth-order valence-corrected chi connectivity index (χ4v) is 3.62. The first-order valence-corrected chi connectivity index (χ1v) is 9.24. The minimum absolute atomic E-state index is 0.106. The topological polar surface area (TPSA) is 78.4 Å². The van der Waals surface area contributed by atoms with Crippen molar-refractivity contribution in [1.82, 2.24) is 20.2 Å². The summed E-state index contributed by atoms with van der Waals surface area (Å²) in [7, 11) is 0. The molecule has 24 heavy (non-hydrogen) atoms. The second-order valence-electron chi connectivity index (χ2n) is 6.96. The van der Waals surface area contributed by atoms with E-state index in [9.17, 15) is 9.90 Å². The summed E-state index contributed by atoms with van der Waals surface area (Å²) in [6, 6.07) is 1.69. The Morgan fingerprint density at radius 2 is 2.00 bits per heavy atom. The highest BCUT2D eigenvalue weighted by Crippen LogP contribution is 2.31. The second kappa shape index (κ2) is 8.53. The molecule has 6 heteroatoms. The van der Waals surface area contributed by atoms with E-state index >= 15 is 0 Å². The molecule has 1 aromatic heterocycles. The van der Waals surface area contributed by atoms with Crippen molar-refractivity contribution >= 4 is 5.91 Å². The number of carbonyl (C=O) groups is 1. The number of carbonyl (C=O) groups excluding carboxylic acids is 1. The number of aliphatic hydroxyl groups excluding tert-OH is 1. The maximum atomic E-state index is 12.3. The number of rotatable bonds is 6. The molecule has 1 saturated carbocycles. The summed E-state index contributed by atoms with van der Waals surface area (Å²) >= 11 is 0. The molecule has 0 unspecified atom stereocenters. The number of hydrogen-bond acceptors (Lipinski definition) is 5. The molecule has 1 saturated heterocycles. The third kappa shape index (κ3) is 4.74. The minimum Gasteiger partial charge on any atom is -0.393 e. The van der Waals surface area contributed by atoms with Gasteiger partial charge in [-0.05, 0) is 44.7 Å². The molecule has 1 aromatic rings. The van der Waals surface area contributed by atoms with Crippen LogP contribution in [-0.2, 0) is 0 Å². The van der Waals surface area contributed by atoms with E-state index in [1.54, 1.807) is 12.3 Å². The van der Waals surface area contributed by atoms with E-state index in [-0.39, 0.29) is 12.0 Å². The molecule has 2 aliphatic rings. The third-order valence-corrected chi connectivity index (χ3v) is 5.12. The molecule has 1 amide bonds. The highest BCUT2D eigenvalue weighted by molar-refractivity contribution is 5.92. The lowest BCUT2D eigenvalue weighted by Gasteiger charge is -2.29. The highest BCUT2D eigenvalue weighted by Gasteiger charge is 2.21. The van der Waals surface area contributed by atoms with Gasteiger partial charge in [0, 0.05) is 31.7 Å². The van der Waals surface area contributed by atoms with Crippen molar-refractivity contribution in [2.45, 2.75) is 57.0 Å². The van der Waals surface area contributed by atoms with Gasteiger partial charge in [-0.3, -0.25) is 4.79 Å². The van der Waals surface area contributed by atoms with Gasteiger partial charge in [-0.1, -0.05) is 12.8 Å². The number of aliphatic hydroxyl groups is 1. The Morgan fingerprint density at radius 1 is 1.25 bits per heavy atom. The molecular formula is C18H28N4O2. The monoisotopic (exact) mass is 332 g/mol. The van der Waals surface area contributed by atoms with Crippen molar-refractivity contribution in [3.63, 3.8) is 0 Å². The highest BCUT2D eigenvalue weighted by atomic mass is 16.3. The van der Waals surface area contributed by atoms with E-state index in [0.717, 1.165) is 57.6 Å². The van der Waals surface area contributed by atoms with Crippen molar-refractivity contribution in [3.05, 3.63) is 23.8 Å². The van der Waals surface area contributed by atoms with E-state index in [2.05, 4.69) is 20.2 Å². The summed E-state index contributed by atoms with van der Waals surface area (Å²) in [5.41, 5.74) is 0.480. The predicted octanol–water partition coefficient (Wildman–Crippen LogP) is 1.71. The maximum Gasteiger partial charge on any atom is 0.270 e. The van der Waals surface area contributed by atoms with Crippen molar-refractivity contribution in [2.75, 3.05) is 26.2 Å². The fraction of sp³-hybridized carbons (Fsp3) is 0.722. The lowest BCUT2D eigenvalue weighted by atomic mass is 10.1. The SMILES string of the molecule is O=C(NCCCN1CCC(O)CC1)c1ccnc(C2CCCC2)n1. The molecule has 0 aromatic carbocycles. The molecule has 0 atom stereocenters. The molecule has 1 aliphatic heterocycles. The van der Waals surface area contributed by atoms with Crippen LogP contribution in [-0.4, -0.2) is 58.2 Å². The van der Waals surface area contributed by atoms with Crippen LogP contribution in [0.4, 0.5) is 0 Å². The Kier molecular flexibility index (Phi) is 6.15. The fourth-order valence-electron chi connectivity index (χ4n) is 3.62. The Bertz CT molecular complexity index is 538. The third-order valence-electron chi connectivity index (χ3n) is 5.12. The van der Waals surface area contributed by atoms with Crippen LogP contribution in [0.15, 0.2) is 12.3 Å². The van der Waals surface area contributed by atoms with Gasteiger partial charge in [0.15, 0.2) is 0 Å². The van der Waals surface area contributed by atoms with Crippen molar-refractivity contribution in [3.8, 4) is 0 Å². The summed E-state index contributed by atoms with van der Waals surface area (Å²) in [6.45, 7) is 3.52. The van der Waals surface area contributed by atoms with E-state index in [1.165, 1.54) is 12.8 Å². The van der Waals surface area contributed by atoms with Crippen LogP contribution in [0.1, 0.15) is 67.2 Å². The lowest BCUT2D eigenvalue weighted by Crippen LogP contribution is -2.37. The number of piperidine rings is 1. The zero-order valence-corrected chi connectivity index (χ0v) is 14.3. The summed E-state index contributed by atoms with van der Waals surface area (Å²) in [6.07, 6.45) is 8.94. The van der Waals surface area contributed by atoms with Crippen LogP contribution in [0.3, 0.4) is 0 Å². The molecule has 6 nitrogen and oxygen atoms in total. The molecule has 3 rings (SSSR count). The van der Waals surface area contributed by atoms with Crippen LogP contribution < -0.4 is 5.32 Å². The van der Waals surface area contributed by atoms with E-state index in [4.69, 9.17) is 0 Å². The largest absolute Gasteiger partial charge is 0.393 e. The molecule has 2 fully saturated rings. The van der Waals surface area contributed by atoms with Crippen LogP contribution in [0.2, 0.25) is 0 Å². The molecule has 1 aliphatic carbocycles. The first kappa shape index (κ1) is 17.3. The second-order valence-corrected chi connectivity index (χ2v) is 6.96. The van der Waals surface area contributed by atoms with Crippen LogP contribution in [0.5, 0.6) is 0 Å². The summed E-state index contributed by atoms with van der Waals surface area (Å²) in [5, 5.41) is 12.5. The number of aromatic nitrogens is 2. The van der Waals surface area contributed by atoms with E-state index in [1.807, 2.05) is 0 Å². The van der Waals surface area contributed by atoms with Crippen molar-refractivity contribution in [1.29, 1.82) is 0 Å². The first-order valence-electron chi connectivity index (χ1n) is 9.24. The van der Waals surface area contributed by atoms with Gasteiger partial charge in [0.05, 0.1) is 6.10 Å². The molecule has 2 N–H and O–H groups in total. The quantitative estimate of drug-likeness (QED) is 0.776. The average Bonchev–Trinajstić information content (AvgIpc) is 3.15. The van der Waals surface area contributed by atoms with Gasteiger partial charge in [-0.15, -0.1) is 0 Å². The van der Waals surface area contributed by atoms with Crippen LogP contribution in [0.25, 0.3) is 0 Å². The Balaban J connectivity index is 1.41. The Morgan fingerprint density at radius 3 is 2.75 bits per heavy atom. The van der Waals surface area contributed by atoms with Gasteiger partial charge >= 0.3 is 0 Å². The number of hydrogen-bond donors (Lipinski definition) is 2. The standard InChI is InChI=1S/C18H28N4O2/c23-15-7-12-22(13-8-15)11-3-9-20-18(24)16-6-10-19-17(21-16)14-4-1-2-5-14/h6,10,14-15,23H,1-5,7-9,11-13H2,(H,20,24). The molecule has 2 heterocycles. The number of nitrogens with zero attached hydrogens (tertiary/aromatic N) is 3. The number of nitrogens with one attached hydrogen (secondary N) is 1. The van der Waals surface area contributed by atoms with E-state index < -0.39 is 0 Å². The van der Waals surface area contributed by atoms with Crippen molar-refractivity contribution < 1.29 is 9.90 Å². The number of likely N-dealkylation sites (tertiary alicyclic amines) is 1. The average molecular weight is 332 g/mol. The van der Waals surface area contributed by atoms with Crippen LogP contribution in [0, 0.1) is 0 Å². The normalized spacial score (nSPS) is 20.4. The Hall–Kier alpha value is -1.53. The molecule has 0 spiro atoms. The smallest absolute Gasteiger partial charge is 0.270 e. The minimum atomic E-state index is -0.132.